The Bertz CT molecular complexity index is 1170. The molecular weight excluding hydrogens is 424 g/mol. The van der Waals surface area contributed by atoms with Crippen molar-refractivity contribution in [3.05, 3.63) is 82.1 Å². The Kier molecular flexibility index (Phi) is 5.70. The van der Waals surface area contributed by atoms with Gasteiger partial charge in [-0.2, -0.15) is 5.10 Å². The van der Waals surface area contributed by atoms with E-state index in [9.17, 15) is 9.59 Å². The van der Waals surface area contributed by atoms with Crippen molar-refractivity contribution < 1.29 is 9.59 Å². The molecule has 164 valence electrons. The van der Waals surface area contributed by atoms with Crippen LogP contribution in [0.3, 0.4) is 0 Å². The van der Waals surface area contributed by atoms with Gasteiger partial charge in [0.25, 0.3) is 5.91 Å². The fourth-order valence-corrected chi connectivity index (χ4v) is 4.90. The minimum atomic E-state index is -0.126. The smallest absolute Gasteiger partial charge is 0.251 e. The van der Waals surface area contributed by atoms with Gasteiger partial charge in [-0.05, 0) is 61.6 Å². The lowest BCUT2D eigenvalue weighted by atomic mass is 9.92. The van der Waals surface area contributed by atoms with Crippen molar-refractivity contribution in [1.82, 2.24) is 15.1 Å². The Hall–Kier alpha value is -3.12. The van der Waals surface area contributed by atoms with Gasteiger partial charge in [0.2, 0.25) is 5.91 Å². The van der Waals surface area contributed by atoms with E-state index in [2.05, 4.69) is 10.4 Å². The van der Waals surface area contributed by atoms with E-state index in [1.54, 1.807) is 11.0 Å². The molecule has 2 heterocycles. The molecule has 7 heteroatoms. The second-order valence-electron chi connectivity index (χ2n) is 8.45. The Morgan fingerprint density at radius 1 is 1.12 bits per heavy atom. The normalized spacial score (nSPS) is 18.0. The maximum atomic E-state index is 13.1. The van der Waals surface area contributed by atoms with Gasteiger partial charge in [0.1, 0.15) is 0 Å². The van der Waals surface area contributed by atoms with Crippen molar-refractivity contribution in [2.75, 3.05) is 11.4 Å². The lowest BCUT2D eigenvalue weighted by Gasteiger charge is -2.24. The molecule has 1 saturated heterocycles. The summed E-state index contributed by atoms with van der Waals surface area (Å²) in [5, 5.41) is 8.51. The number of nitrogens with zero attached hydrogens (tertiary/aromatic N) is 3. The highest BCUT2D eigenvalue weighted by atomic mass is 35.5. The van der Waals surface area contributed by atoms with Gasteiger partial charge in [0.05, 0.1) is 18.8 Å². The van der Waals surface area contributed by atoms with Crippen molar-refractivity contribution in [3.63, 3.8) is 0 Å². The van der Waals surface area contributed by atoms with Gasteiger partial charge in [-0.3, -0.25) is 14.3 Å². The molecule has 5 rings (SSSR count). The molecule has 6 nitrogen and oxygen atoms in total. The largest absolute Gasteiger partial charge is 0.345 e. The van der Waals surface area contributed by atoms with Crippen LogP contribution < -0.4 is 10.2 Å². The number of hydrogen-bond donors (Lipinski definition) is 1. The van der Waals surface area contributed by atoms with Crippen LogP contribution in [0, 0.1) is 0 Å². The molecule has 2 aliphatic rings. The first-order chi connectivity index (χ1) is 15.6. The van der Waals surface area contributed by atoms with E-state index in [0.717, 1.165) is 48.2 Å². The quantitative estimate of drug-likeness (QED) is 0.624. The van der Waals surface area contributed by atoms with Crippen molar-refractivity contribution in [1.29, 1.82) is 0 Å². The van der Waals surface area contributed by atoms with Crippen LogP contribution >= 0.6 is 11.6 Å². The molecule has 1 aliphatic carbocycles. The number of rotatable bonds is 5. The summed E-state index contributed by atoms with van der Waals surface area (Å²) in [5.41, 5.74) is 4.71. The fraction of sp³-hybridized carbons (Fsp3) is 0.320. The third-order valence-electron chi connectivity index (χ3n) is 6.28. The van der Waals surface area contributed by atoms with Crippen molar-refractivity contribution in [2.45, 2.75) is 44.7 Å². The summed E-state index contributed by atoms with van der Waals surface area (Å²) in [4.78, 5) is 26.9. The number of halogens is 1. The third-order valence-corrected chi connectivity index (χ3v) is 6.52. The monoisotopic (exact) mass is 448 g/mol. The predicted molar refractivity (Wildman–Crippen MR) is 124 cm³/mol. The average Bonchev–Trinajstić information content (AvgIpc) is 3.41. The van der Waals surface area contributed by atoms with Crippen LogP contribution in [0.4, 0.5) is 5.69 Å². The van der Waals surface area contributed by atoms with Gasteiger partial charge >= 0.3 is 0 Å². The summed E-state index contributed by atoms with van der Waals surface area (Å²) in [7, 11) is 0. The zero-order valence-electron chi connectivity index (χ0n) is 17.8. The number of aromatic nitrogens is 2. The number of carbonyl (C=O) groups is 2. The summed E-state index contributed by atoms with van der Waals surface area (Å²) in [6.07, 6.45) is 6.12. The summed E-state index contributed by atoms with van der Waals surface area (Å²) < 4.78 is 2.01. The molecule has 32 heavy (non-hydrogen) atoms. The molecule has 0 saturated carbocycles. The molecule has 2 aromatic carbocycles. The zero-order valence-corrected chi connectivity index (χ0v) is 18.5. The maximum Gasteiger partial charge on any atom is 0.251 e. The van der Waals surface area contributed by atoms with Crippen LogP contribution in [0.25, 0.3) is 0 Å². The lowest BCUT2D eigenvalue weighted by Crippen LogP contribution is -2.31. The highest BCUT2D eigenvalue weighted by Crippen LogP contribution is 2.31. The van der Waals surface area contributed by atoms with Gasteiger partial charge in [-0.15, -0.1) is 0 Å². The average molecular weight is 449 g/mol. The summed E-state index contributed by atoms with van der Waals surface area (Å²) in [5.74, 6) is -0.00876. The van der Waals surface area contributed by atoms with Gasteiger partial charge in [-0.25, -0.2) is 0 Å². The molecule has 1 fully saturated rings. The molecule has 1 atom stereocenters. The Morgan fingerprint density at radius 2 is 2.00 bits per heavy atom. The van der Waals surface area contributed by atoms with Crippen LogP contribution in [-0.2, 0) is 17.8 Å². The topological polar surface area (TPSA) is 67.2 Å². The molecule has 2 amide bonds. The van der Waals surface area contributed by atoms with Gasteiger partial charge in [0.15, 0.2) is 0 Å². The van der Waals surface area contributed by atoms with Crippen molar-refractivity contribution >= 4 is 29.1 Å². The standard InChI is InChI=1S/C25H25ClN4O2/c26-19-7-1-5-17(13-19)16-30-23-10-3-9-22(21(23)15-27-30)28-25(32)18-6-2-8-20(14-18)29-12-4-11-24(29)31/h1-2,5-8,13-15,22H,3-4,9-12,16H2,(H,28,32). The van der Waals surface area contributed by atoms with E-state index in [1.807, 2.05) is 53.3 Å². The Labute approximate surface area is 192 Å². The number of amides is 2. The number of anilines is 1. The SMILES string of the molecule is O=C(NC1CCCc2c1cnn2Cc1cccc(Cl)c1)c1cccc(N2CCCC2=O)c1. The summed E-state index contributed by atoms with van der Waals surface area (Å²) in [6.45, 7) is 1.37. The highest BCUT2D eigenvalue weighted by molar-refractivity contribution is 6.30. The van der Waals surface area contributed by atoms with Crippen molar-refractivity contribution in [2.24, 2.45) is 0 Å². The minimum absolute atomic E-state index is 0.0727. The van der Waals surface area contributed by atoms with E-state index in [0.29, 0.717) is 30.1 Å². The lowest BCUT2D eigenvalue weighted by molar-refractivity contribution is -0.117. The zero-order chi connectivity index (χ0) is 22.1. The first-order valence-corrected chi connectivity index (χ1v) is 11.5. The van der Waals surface area contributed by atoms with Crippen LogP contribution in [-0.4, -0.2) is 28.1 Å². The van der Waals surface area contributed by atoms with Crippen LogP contribution in [0.2, 0.25) is 5.02 Å². The molecule has 3 aromatic rings. The Balaban J connectivity index is 1.33. The maximum absolute atomic E-state index is 13.1. The van der Waals surface area contributed by atoms with E-state index < -0.39 is 0 Å². The summed E-state index contributed by atoms with van der Waals surface area (Å²) in [6, 6.07) is 15.1. The summed E-state index contributed by atoms with van der Waals surface area (Å²) >= 11 is 6.13. The van der Waals surface area contributed by atoms with Gasteiger partial charge in [-0.1, -0.05) is 29.8 Å². The number of fused-ring (bicyclic) bond motifs is 1. The molecule has 1 unspecified atom stereocenters. The molecule has 1 aliphatic heterocycles. The Morgan fingerprint density at radius 3 is 2.81 bits per heavy atom. The minimum Gasteiger partial charge on any atom is -0.345 e. The second kappa shape index (κ2) is 8.79. The fourth-order valence-electron chi connectivity index (χ4n) is 4.69. The van der Waals surface area contributed by atoms with Gasteiger partial charge in [0, 0.05) is 40.5 Å². The molecule has 1 N–H and O–H groups in total. The molecule has 0 radical (unpaired) electrons. The third kappa shape index (κ3) is 4.15. The van der Waals surface area contributed by atoms with E-state index in [4.69, 9.17) is 11.6 Å². The first-order valence-electron chi connectivity index (χ1n) is 11.1. The first kappa shape index (κ1) is 20.8. The predicted octanol–water partition coefficient (Wildman–Crippen LogP) is 4.52. The van der Waals surface area contributed by atoms with Crippen LogP contribution in [0.5, 0.6) is 0 Å². The molecule has 0 bridgehead atoms. The van der Waals surface area contributed by atoms with Gasteiger partial charge < -0.3 is 10.2 Å². The highest BCUT2D eigenvalue weighted by Gasteiger charge is 2.27. The number of benzene rings is 2. The molecule has 1 aromatic heterocycles. The van der Waals surface area contributed by atoms with Crippen molar-refractivity contribution in [3.8, 4) is 0 Å². The van der Waals surface area contributed by atoms with E-state index in [-0.39, 0.29) is 17.9 Å². The van der Waals surface area contributed by atoms with E-state index in [1.165, 1.54) is 0 Å². The molecular formula is C25H25ClN4O2. The van der Waals surface area contributed by atoms with Crippen LogP contribution in [0.1, 0.15) is 58.9 Å². The second-order valence-corrected chi connectivity index (χ2v) is 8.89. The number of nitrogens with one attached hydrogen (secondary N) is 1. The van der Waals surface area contributed by atoms with Crippen LogP contribution in [0.15, 0.2) is 54.7 Å². The number of hydrogen-bond acceptors (Lipinski definition) is 3. The number of carbonyl (C=O) groups excluding carboxylic acids is 2. The van der Waals surface area contributed by atoms with E-state index >= 15 is 0 Å². The molecule has 0 spiro atoms.